The van der Waals surface area contributed by atoms with Gasteiger partial charge in [-0.2, -0.15) is 0 Å². The van der Waals surface area contributed by atoms with E-state index in [2.05, 4.69) is 23.7 Å². The summed E-state index contributed by atoms with van der Waals surface area (Å²) in [6.45, 7) is 14.0. The molecule has 82 valence electrons. The Hall–Kier alpha value is -0.380. The normalized spacial score (nSPS) is 23.7. The van der Waals surface area contributed by atoms with Gasteiger partial charge in [-0.25, -0.2) is 0 Å². The summed E-state index contributed by atoms with van der Waals surface area (Å²) in [4.78, 5) is 2.43. The van der Waals surface area contributed by atoms with Crippen LogP contribution in [0.25, 0.3) is 0 Å². The first kappa shape index (κ1) is 11.7. The van der Waals surface area contributed by atoms with E-state index >= 15 is 0 Å². The number of hydrogen-bond acceptors (Lipinski definition) is 3. The lowest BCUT2D eigenvalue weighted by Gasteiger charge is -2.32. The molecule has 3 heteroatoms. The molecule has 1 aliphatic rings. The molecule has 0 amide bonds. The van der Waals surface area contributed by atoms with Gasteiger partial charge in [0.25, 0.3) is 0 Å². The lowest BCUT2D eigenvalue weighted by Crippen LogP contribution is -2.46. The highest BCUT2D eigenvalue weighted by Crippen LogP contribution is 2.03. The molecule has 1 heterocycles. The van der Waals surface area contributed by atoms with Crippen molar-refractivity contribution < 1.29 is 4.74 Å². The van der Waals surface area contributed by atoms with E-state index < -0.39 is 0 Å². The molecule has 0 spiro atoms. The summed E-state index contributed by atoms with van der Waals surface area (Å²) >= 11 is 0. The Balaban J connectivity index is 2.14. The maximum Gasteiger partial charge on any atom is 0.0826 e. The van der Waals surface area contributed by atoms with Gasteiger partial charge >= 0.3 is 0 Å². The molecule has 1 unspecified atom stereocenters. The molecule has 1 fully saturated rings. The molecule has 1 N–H and O–H groups in total. The van der Waals surface area contributed by atoms with Crippen LogP contribution < -0.4 is 5.32 Å². The van der Waals surface area contributed by atoms with Crippen molar-refractivity contribution >= 4 is 0 Å². The van der Waals surface area contributed by atoms with Gasteiger partial charge < -0.3 is 10.1 Å². The standard InChI is InChI=1S/C11H22N2O/c1-4-13-5-6-14-11(9-13)8-12-7-10(2)3/h11-12H,2,4-9H2,1,3H3. The monoisotopic (exact) mass is 198 g/mol. The van der Waals surface area contributed by atoms with E-state index in [9.17, 15) is 0 Å². The molecular weight excluding hydrogens is 176 g/mol. The summed E-state index contributed by atoms with van der Waals surface area (Å²) in [6, 6.07) is 0. The highest BCUT2D eigenvalue weighted by atomic mass is 16.5. The fourth-order valence-electron chi connectivity index (χ4n) is 1.64. The van der Waals surface area contributed by atoms with Crippen molar-refractivity contribution in [2.75, 3.05) is 39.3 Å². The van der Waals surface area contributed by atoms with Gasteiger partial charge in [-0.05, 0) is 13.5 Å². The Morgan fingerprint density at radius 2 is 2.43 bits per heavy atom. The van der Waals surface area contributed by atoms with Crippen molar-refractivity contribution in [1.29, 1.82) is 0 Å². The topological polar surface area (TPSA) is 24.5 Å². The average Bonchev–Trinajstić information content (AvgIpc) is 2.18. The van der Waals surface area contributed by atoms with Crippen LogP contribution in [0.1, 0.15) is 13.8 Å². The third kappa shape index (κ3) is 4.22. The first-order valence-electron chi connectivity index (χ1n) is 5.41. The number of morpholine rings is 1. The fraction of sp³-hybridized carbons (Fsp3) is 0.818. The molecule has 1 aliphatic heterocycles. The molecule has 0 bridgehead atoms. The minimum absolute atomic E-state index is 0.350. The predicted molar refractivity (Wildman–Crippen MR) is 59.5 cm³/mol. The quantitative estimate of drug-likeness (QED) is 0.664. The van der Waals surface area contributed by atoms with Crippen molar-refractivity contribution in [2.45, 2.75) is 20.0 Å². The van der Waals surface area contributed by atoms with Crippen LogP contribution in [-0.2, 0) is 4.74 Å². The van der Waals surface area contributed by atoms with Crippen LogP contribution in [0.2, 0.25) is 0 Å². The lowest BCUT2D eigenvalue weighted by atomic mass is 10.2. The molecular formula is C11H22N2O. The van der Waals surface area contributed by atoms with Gasteiger partial charge in [0.2, 0.25) is 0 Å². The van der Waals surface area contributed by atoms with E-state index in [0.29, 0.717) is 6.10 Å². The molecule has 0 aromatic rings. The zero-order valence-corrected chi connectivity index (χ0v) is 9.38. The number of rotatable bonds is 5. The highest BCUT2D eigenvalue weighted by molar-refractivity contribution is 4.91. The van der Waals surface area contributed by atoms with Crippen molar-refractivity contribution in [3.63, 3.8) is 0 Å². The van der Waals surface area contributed by atoms with Crippen LogP contribution >= 0.6 is 0 Å². The number of hydrogen-bond donors (Lipinski definition) is 1. The molecule has 14 heavy (non-hydrogen) atoms. The van der Waals surface area contributed by atoms with Gasteiger partial charge in [-0.15, -0.1) is 0 Å². The summed E-state index contributed by atoms with van der Waals surface area (Å²) in [7, 11) is 0. The molecule has 0 aliphatic carbocycles. The second kappa shape index (κ2) is 6.17. The average molecular weight is 198 g/mol. The summed E-state index contributed by atoms with van der Waals surface area (Å²) < 4.78 is 5.66. The zero-order valence-electron chi connectivity index (χ0n) is 9.38. The van der Waals surface area contributed by atoms with Crippen molar-refractivity contribution in [3.05, 3.63) is 12.2 Å². The third-order valence-electron chi connectivity index (χ3n) is 2.47. The van der Waals surface area contributed by atoms with E-state index in [1.807, 2.05) is 6.92 Å². The minimum atomic E-state index is 0.350. The van der Waals surface area contributed by atoms with Crippen LogP contribution in [-0.4, -0.2) is 50.3 Å². The molecule has 0 saturated carbocycles. The Morgan fingerprint density at radius 3 is 3.07 bits per heavy atom. The minimum Gasteiger partial charge on any atom is -0.374 e. The maximum absolute atomic E-state index is 5.66. The van der Waals surface area contributed by atoms with E-state index in [4.69, 9.17) is 4.74 Å². The lowest BCUT2D eigenvalue weighted by molar-refractivity contribution is -0.0248. The third-order valence-corrected chi connectivity index (χ3v) is 2.47. The Labute approximate surface area is 87.1 Å². The molecule has 1 atom stereocenters. The molecule has 0 aromatic heterocycles. The summed E-state index contributed by atoms with van der Waals surface area (Å²) in [6.07, 6.45) is 0.350. The van der Waals surface area contributed by atoms with Gasteiger partial charge in [0, 0.05) is 26.2 Å². The van der Waals surface area contributed by atoms with Crippen LogP contribution in [0.3, 0.4) is 0 Å². The van der Waals surface area contributed by atoms with Crippen LogP contribution in [0.15, 0.2) is 12.2 Å². The number of ether oxygens (including phenoxy) is 1. The van der Waals surface area contributed by atoms with Crippen LogP contribution in [0.5, 0.6) is 0 Å². The molecule has 0 radical (unpaired) electrons. The largest absolute Gasteiger partial charge is 0.374 e. The molecule has 3 nitrogen and oxygen atoms in total. The smallest absolute Gasteiger partial charge is 0.0826 e. The number of nitrogens with zero attached hydrogens (tertiary/aromatic N) is 1. The van der Waals surface area contributed by atoms with Gasteiger partial charge in [-0.3, -0.25) is 4.90 Å². The van der Waals surface area contributed by atoms with E-state index in [0.717, 1.165) is 39.3 Å². The SMILES string of the molecule is C=C(C)CNCC1CN(CC)CCO1. The molecule has 1 saturated heterocycles. The second-order valence-electron chi connectivity index (χ2n) is 3.97. The summed E-state index contributed by atoms with van der Waals surface area (Å²) in [5.74, 6) is 0. The van der Waals surface area contributed by atoms with Gasteiger partial charge in [0.05, 0.1) is 12.7 Å². The number of nitrogens with one attached hydrogen (secondary N) is 1. The zero-order chi connectivity index (χ0) is 10.4. The van der Waals surface area contributed by atoms with Crippen molar-refractivity contribution in [3.8, 4) is 0 Å². The Bertz CT molecular complexity index is 182. The number of likely N-dealkylation sites (N-methyl/N-ethyl adjacent to an activating group) is 1. The van der Waals surface area contributed by atoms with Crippen molar-refractivity contribution in [1.82, 2.24) is 10.2 Å². The molecule has 0 aromatic carbocycles. The van der Waals surface area contributed by atoms with E-state index in [1.54, 1.807) is 0 Å². The highest BCUT2D eigenvalue weighted by Gasteiger charge is 2.18. The fourth-order valence-corrected chi connectivity index (χ4v) is 1.64. The van der Waals surface area contributed by atoms with Gasteiger partial charge in [0.15, 0.2) is 0 Å². The first-order valence-corrected chi connectivity index (χ1v) is 5.41. The van der Waals surface area contributed by atoms with Crippen LogP contribution in [0.4, 0.5) is 0 Å². The summed E-state index contributed by atoms with van der Waals surface area (Å²) in [5.41, 5.74) is 1.17. The van der Waals surface area contributed by atoms with Crippen molar-refractivity contribution in [2.24, 2.45) is 0 Å². The van der Waals surface area contributed by atoms with Gasteiger partial charge in [-0.1, -0.05) is 19.1 Å². The predicted octanol–water partition coefficient (Wildman–Crippen LogP) is 0.873. The Kier molecular flexibility index (Phi) is 5.15. The first-order chi connectivity index (χ1) is 6.72. The maximum atomic E-state index is 5.66. The van der Waals surface area contributed by atoms with Gasteiger partial charge in [0.1, 0.15) is 0 Å². The van der Waals surface area contributed by atoms with E-state index in [1.165, 1.54) is 5.57 Å². The summed E-state index contributed by atoms with van der Waals surface area (Å²) in [5, 5.41) is 3.35. The van der Waals surface area contributed by atoms with Crippen LogP contribution in [0, 0.1) is 0 Å². The Morgan fingerprint density at radius 1 is 1.64 bits per heavy atom. The van der Waals surface area contributed by atoms with E-state index in [-0.39, 0.29) is 0 Å². The molecule has 1 rings (SSSR count). The second-order valence-corrected chi connectivity index (χ2v) is 3.97.